The highest BCUT2D eigenvalue weighted by Gasteiger charge is 2.28. The summed E-state index contributed by atoms with van der Waals surface area (Å²) in [4.78, 5) is 21.9. The fourth-order valence-electron chi connectivity index (χ4n) is 1.86. The Kier molecular flexibility index (Phi) is 5.73. The Hall–Kier alpha value is -1.32. The molecule has 0 spiro atoms. The quantitative estimate of drug-likeness (QED) is 0.662. The van der Waals surface area contributed by atoms with Crippen molar-refractivity contribution in [1.29, 1.82) is 0 Å². The van der Waals surface area contributed by atoms with E-state index in [4.69, 9.17) is 9.84 Å². The van der Waals surface area contributed by atoms with Crippen LogP contribution in [-0.4, -0.2) is 23.0 Å². The van der Waals surface area contributed by atoms with Crippen molar-refractivity contribution in [3.8, 4) is 0 Å². The van der Waals surface area contributed by atoms with E-state index >= 15 is 0 Å². The first-order valence-electron chi connectivity index (χ1n) is 6.26. The van der Waals surface area contributed by atoms with E-state index < -0.39 is 12.1 Å². The SMILES string of the molecule is CCCCCCCC1=CC(=O)C(CC(=O)O)O1. The van der Waals surface area contributed by atoms with E-state index in [-0.39, 0.29) is 12.2 Å². The summed E-state index contributed by atoms with van der Waals surface area (Å²) in [6, 6.07) is 0. The average molecular weight is 240 g/mol. The van der Waals surface area contributed by atoms with Crippen LogP contribution in [-0.2, 0) is 14.3 Å². The van der Waals surface area contributed by atoms with Gasteiger partial charge in [0.25, 0.3) is 0 Å². The number of ether oxygens (including phenoxy) is 1. The number of allylic oxidation sites excluding steroid dienone is 1. The first kappa shape index (κ1) is 13.7. The molecule has 0 fully saturated rings. The summed E-state index contributed by atoms with van der Waals surface area (Å²) in [7, 11) is 0. The Bertz CT molecular complexity index is 307. The lowest BCUT2D eigenvalue weighted by molar-refractivity contribution is -0.141. The molecule has 0 saturated heterocycles. The maximum Gasteiger partial charge on any atom is 0.307 e. The van der Waals surface area contributed by atoms with Gasteiger partial charge in [0.1, 0.15) is 5.76 Å². The van der Waals surface area contributed by atoms with Gasteiger partial charge in [-0.3, -0.25) is 9.59 Å². The zero-order chi connectivity index (χ0) is 12.7. The Morgan fingerprint density at radius 3 is 2.71 bits per heavy atom. The molecule has 1 N–H and O–H groups in total. The van der Waals surface area contributed by atoms with Gasteiger partial charge in [0.05, 0.1) is 6.42 Å². The molecule has 4 heteroatoms. The Morgan fingerprint density at radius 1 is 1.35 bits per heavy atom. The first-order valence-corrected chi connectivity index (χ1v) is 6.26. The summed E-state index contributed by atoms with van der Waals surface area (Å²) >= 11 is 0. The lowest BCUT2D eigenvalue weighted by Gasteiger charge is -2.09. The molecule has 0 saturated carbocycles. The van der Waals surface area contributed by atoms with Gasteiger partial charge in [0.15, 0.2) is 11.9 Å². The Balaban J connectivity index is 2.21. The minimum Gasteiger partial charge on any atom is -0.486 e. The second-order valence-electron chi connectivity index (χ2n) is 4.38. The van der Waals surface area contributed by atoms with Crippen LogP contribution in [0.4, 0.5) is 0 Å². The molecule has 1 rings (SSSR count). The minimum atomic E-state index is -0.999. The van der Waals surface area contributed by atoms with Crippen molar-refractivity contribution in [3.63, 3.8) is 0 Å². The van der Waals surface area contributed by atoms with Gasteiger partial charge >= 0.3 is 5.97 Å². The number of aliphatic carboxylic acids is 1. The zero-order valence-electron chi connectivity index (χ0n) is 10.3. The van der Waals surface area contributed by atoms with E-state index in [1.165, 1.54) is 25.3 Å². The zero-order valence-corrected chi connectivity index (χ0v) is 10.3. The highest BCUT2D eigenvalue weighted by atomic mass is 16.5. The maximum atomic E-state index is 11.4. The molecule has 0 aliphatic carbocycles. The van der Waals surface area contributed by atoms with E-state index in [0.717, 1.165) is 19.3 Å². The number of rotatable bonds is 8. The molecule has 4 nitrogen and oxygen atoms in total. The van der Waals surface area contributed by atoms with Crippen LogP contribution in [0.2, 0.25) is 0 Å². The predicted molar refractivity (Wildman–Crippen MR) is 63.6 cm³/mol. The highest BCUT2D eigenvalue weighted by molar-refractivity contribution is 5.97. The van der Waals surface area contributed by atoms with Crippen molar-refractivity contribution < 1.29 is 19.4 Å². The molecule has 1 aliphatic rings. The van der Waals surface area contributed by atoms with Crippen molar-refractivity contribution in [2.75, 3.05) is 0 Å². The third-order valence-corrected chi connectivity index (χ3v) is 2.80. The van der Waals surface area contributed by atoms with E-state index in [1.807, 2.05) is 0 Å². The molecular weight excluding hydrogens is 220 g/mol. The molecule has 0 aromatic heterocycles. The van der Waals surface area contributed by atoms with Crippen LogP contribution in [0, 0.1) is 0 Å². The fraction of sp³-hybridized carbons (Fsp3) is 0.692. The maximum absolute atomic E-state index is 11.4. The second-order valence-corrected chi connectivity index (χ2v) is 4.38. The summed E-state index contributed by atoms with van der Waals surface area (Å²) in [5.74, 6) is -0.561. The van der Waals surface area contributed by atoms with Gasteiger partial charge in [0, 0.05) is 12.5 Å². The standard InChI is InChI=1S/C13H20O4/c1-2-3-4-5-6-7-10-8-11(14)12(17-10)9-13(15)16/h8,12H,2-7,9H2,1H3,(H,15,16). The van der Waals surface area contributed by atoms with Crippen molar-refractivity contribution in [1.82, 2.24) is 0 Å². The number of carbonyl (C=O) groups is 2. The van der Waals surface area contributed by atoms with Crippen LogP contribution in [0.5, 0.6) is 0 Å². The molecule has 1 unspecified atom stereocenters. The summed E-state index contributed by atoms with van der Waals surface area (Å²) < 4.78 is 5.32. The second kappa shape index (κ2) is 7.09. The molecule has 1 aliphatic heterocycles. The third-order valence-electron chi connectivity index (χ3n) is 2.80. The van der Waals surface area contributed by atoms with E-state index in [9.17, 15) is 9.59 Å². The number of hydrogen-bond acceptors (Lipinski definition) is 3. The van der Waals surface area contributed by atoms with Crippen LogP contribution < -0.4 is 0 Å². The number of carbonyl (C=O) groups excluding carboxylic acids is 1. The molecule has 0 aromatic rings. The van der Waals surface area contributed by atoms with Crippen LogP contribution in [0.25, 0.3) is 0 Å². The number of carboxylic acids is 1. The number of carboxylic acid groups (broad SMARTS) is 1. The number of hydrogen-bond donors (Lipinski definition) is 1. The lowest BCUT2D eigenvalue weighted by atomic mass is 10.1. The number of ketones is 1. The largest absolute Gasteiger partial charge is 0.486 e. The summed E-state index contributed by atoms with van der Waals surface area (Å²) in [6.45, 7) is 2.16. The molecule has 0 bridgehead atoms. The van der Waals surface area contributed by atoms with Crippen molar-refractivity contribution in [3.05, 3.63) is 11.8 Å². The summed E-state index contributed by atoms with van der Waals surface area (Å²) in [5.41, 5.74) is 0. The monoisotopic (exact) mass is 240 g/mol. The van der Waals surface area contributed by atoms with Crippen molar-refractivity contribution in [2.45, 2.75) is 58.0 Å². The molecule has 1 atom stereocenters. The molecule has 0 aromatic carbocycles. The average Bonchev–Trinajstić information content (AvgIpc) is 2.58. The van der Waals surface area contributed by atoms with Gasteiger partial charge in [-0.1, -0.05) is 32.6 Å². The topological polar surface area (TPSA) is 63.6 Å². The van der Waals surface area contributed by atoms with Crippen molar-refractivity contribution >= 4 is 11.8 Å². The van der Waals surface area contributed by atoms with Gasteiger partial charge in [0.2, 0.25) is 0 Å². The Labute approximate surface area is 102 Å². The van der Waals surface area contributed by atoms with Gasteiger partial charge in [-0.05, 0) is 6.42 Å². The van der Waals surface area contributed by atoms with E-state index in [0.29, 0.717) is 5.76 Å². The fourth-order valence-corrected chi connectivity index (χ4v) is 1.86. The van der Waals surface area contributed by atoms with Gasteiger partial charge in [-0.25, -0.2) is 0 Å². The van der Waals surface area contributed by atoms with Crippen LogP contribution in [0.1, 0.15) is 51.9 Å². The molecule has 0 amide bonds. The minimum absolute atomic E-state index is 0.212. The summed E-state index contributed by atoms with van der Waals surface area (Å²) in [5, 5.41) is 8.60. The molecule has 96 valence electrons. The Morgan fingerprint density at radius 2 is 2.06 bits per heavy atom. The third kappa shape index (κ3) is 5.02. The van der Waals surface area contributed by atoms with E-state index in [1.54, 1.807) is 0 Å². The van der Waals surface area contributed by atoms with E-state index in [2.05, 4.69) is 6.92 Å². The molecular formula is C13H20O4. The lowest BCUT2D eigenvalue weighted by Crippen LogP contribution is -2.20. The molecule has 1 heterocycles. The normalized spacial score (nSPS) is 19.0. The summed E-state index contributed by atoms with van der Waals surface area (Å²) in [6.07, 6.45) is 6.94. The first-order chi connectivity index (χ1) is 8.13. The van der Waals surface area contributed by atoms with Crippen molar-refractivity contribution in [2.24, 2.45) is 0 Å². The predicted octanol–water partition coefficient (Wildman–Crippen LogP) is 2.67. The number of unbranched alkanes of at least 4 members (excludes halogenated alkanes) is 4. The van der Waals surface area contributed by atoms with Crippen LogP contribution in [0.3, 0.4) is 0 Å². The van der Waals surface area contributed by atoms with Gasteiger partial charge in [-0.15, -0.1) is 0 Å². The van der Waals surface area contributed by atoms with Gasteiger partial charge < -0.3 is 9.84 Å². The molecule has 17 heavy (non-hydrogen) atoms. The molecule has 0 radical (unpaired) electrons. The van der Waals surface area contributed by atoms with Gasteiger partial charge in [-0.2, -0.15) is 0 Å². The highest BCUT2D eigenvalue weighted by Crippen LogP contribution is 2.21. The smallest absolute Gasteiger partial charge is 0.307 e. The van der Waals surface area contributed by atoms with Crippen LogP contribution >= 0.6 is 0 Å². The van der Waals surface area contributed by atoms with Crippen LogP contribution in [0.15, 0.2) is 11.8 Å².